The summed E-state index contributed by atoms with van der Waals surface area (Å²) >= 11 is 0. The molecule has 0 amide bonds. The van der Waals surface area contributed by atoms with Gasteiger partial charge in [0.1, 0.15) is 0 Å². The first-order valence-corrected chi connectivity index (χ1v) is 6.62. The topological polar surface area (TPSA) is 0 Å². The summed E-state index contributed by atoms with van der Waals surface area (Å²) in [6, 6.07) is 0. The van der Waals surface area contributed by atoms with Crippen molar-refractivity contribution in [2.75, 3.05) is 0 Å². The molecule has 0 bridgehead atoms. The second-order valence-electron chi connectivity index (χ2n) is 5.82. The van der Waals surface area contributed by atoms with Gasteiger partial charge in [0.15, 0.2) is 7.28 Å². The first kappa shape index (κ1) is 16.3. The average Bonchev–Trinajstić information content (AvgIpc) is 2.22. The smallest absolute Gasteiger partial charge is 0.121 e. The Kier molecular flexibility index (Phi) is 7.26. The van der Waals surface area contributed by atoms with Gasteiger partial charge in [0.2, 0.25) is 0 Å². The van der Waals surface area contributed by atoms with Crippen LogP contribution >= 0.6 is 0 Å². The quantitative estimate of drug-likeness (QED) is 0.438. The maximum absolute atomic E-state index is 2.38. The second kappa shape index (κ2) is 7.58. The van der Waals surface area contributed by atoms with Gasteiger partial charge in [0.25, 0.3) is 0 Å². The van der Waals surface area contributed by atoms with Crippen molar-refractivity contribution < 1.29 is 0 Å². The highest BCUT2D eigenvalue weighted by molar-refractivity contribution is 6.50. The van der Waals surface area contributed by atoms with Crippen LogP contribution in [0.15, 0.2) is 35.2 Å². The maximum Gasteiger partial charge on any atom is 0.174 e. The largest absolute Gasteiger partial charge is 0.174 e. The maximum atomic E-state index is 2.38. The molecule has 0 rings (SSSR count). The van der Waals surface area contributed by atoms with Crippen molar-refractivity contribution >= 4 is 7.28 Å². The van der Waals surface area contributed by atoms with Crippen LogP contribution in [0.5, 0.6) is 0 Å². The standard InChI is InChI=1S/C16H28B/c1-8-11-17-15(5)12-16(6,7)14(4)10-9-13(2)3/h8,10-13H,9H2,1-7H3/b11-8-,14-10+,15-12-. The normalized spacial score (nSPS) is 14.8. The van der Waals surface area contributed by atoms with E-state index in [2.05, 4.69) is 73.0 Å². The van der Waals surface area contributed by atoms with Gasteiger partial charge in [-0.3, -0.25) is 0 Å². The van der Waals surface area contributed by atoms with Gasteiger partial charge in [0, 0.05) is 5.41 Å². The molecule has 0 saturated heterocycles. The van der Waals surface area contributed by atoms with E-state index >= 15 is 0 Å². The van der Waals surface area contributed by atoms with E-state index in [1.807, 2.05) is 6.92 Å². The zero-order valence-corrected chi connectivity index (χ0v) is 12.7. The van der Waals surface area contributed by atoms with E-state index in [0.717, 1.165) is 5.92 Å². The summed E-state index contributed by atoms with van der Waals surface area (Å²) in [5.74, 6) is 2.83. The minimum Gasteiger partial charge on any atom is -0.121 e. The minimum atomic E-state index is 0.150. The Morgan fingerprint density at radius 1 is 1.24 bits per heavy atom. The molecule has 1 heteroatoms. The van der Waals surface area contributed by atoms with Crippen molar-refractivity contribution in [3.63, 3.8) is 0 Å². The number of hydrogen-bond donors (Lipinski definition) is 0. The summed E-state index contributed by atoms with van der Waals surface area (Å²) in [4.78, 5) is 0. The molecule has 0 nitrogen and oxygen atoms in total. The monoisotopic (exact) mass is 231 g/mol. The summed E-state index contributed by atoms with van der Waals surface area (Å²) in [5, 5.41) is 0. The van der Waals surface area contributed by atoms with Crippen LogP contribution in [0, 0.1) is 11.3 Å². The van der Waals surface area contributed by atoms with Crippen molar-refractivity contribution in [2.45, 2.75) is 54.9 Å². The predicted octanol–water partition coefficient (Wildman–Crippen LogP) is 5.15. The lowest BCUT2D eigenvalue weighted by Gasteiger charge is -2.23. The van der Waals surface area contributed by atoms with Gasteiger partial charge in [-0.15, -0.1) is 17.5 Å². The molecule has 17 heavy (non-hydrogen) atoms. The van der Waals surface area contributed by atoms with Crippen molar-refractivity contribution in [3.05, 3.63) is 35.2 Å². The van der Waals surface area contributed by atoms with Gasteiger partial charge < -0.3 is 0 Å². The molecule has 0 spiro atoms. The van der Waals surface area contributed by atoms with Crippen molar-refractivity contribution in [1.82, 2.24) is 0 Å². The van der Waals surface area contributed by atoms with E-state index in [1.165, 1.54) is 17.5 Å². The number of hydrogen-bond acceptors (Lipinski definition) is 0. The molecule has 0 aliphatic carbocycles. The fourth-order valence-corrected chi connectivity index (χ4v) is 1.65. The summed E-state index contributed by atoms with van der Waals surface area (Å²) in [6.07, 6.45) is 7.95. The summed E-state index contributed by atoms with van der Waals surface area (Å²) < 4.78 is 0. The number of allylic oxidation sites excluding steroid dienone is 5. The molecular formula is C16H28B. The fourth-order valence-electron chi connectivity index (χ4n) is 1.65. The van der Waals surface area contributed by atoms with E-state index in [4.69, 9.17) is 0 Å². The fraction of sp³-hybridized carbons (Fsp3) is 0.625. The third-order valence-electron chi connectivity index (χ3n) is 3.05. The molecule has 0 aliphatic rings. The molecule has 0 aromatic heterocycles. The first-order chi connectivity index (χ1) is 7.79. The molecule has 1 radical (unpaired) electrons. The molecule has 0 heterocycles. The Labute approximate surface area is 109 Å². The van der Waals surface area contributed by atoms with Gasteiger partial charge >= 0.3 is 0 Å². The molecule has 95 valence electrons. The molecule has 0 aliphatic heterocycles. The van der Waals surface area contributed by atoms with E-state index in [9.17, 15) is 0 Å². The lowest BCUT2D eigenvalue weighted by Crippen LogP contribution is -2.11. The Bertz CT molecular complexity index is 303. The molecule has 0 unspecified atom stereocenters. The zero-order valence-electron chi connectivity index (χ0n) is 12.7. The third kappa shape index (κ3) is 7.25. The Balaban J connectivity index is 4.70. The van der Waals surface area contributed by atoms with Crippen LogP contribution in [0.1, 0.15) is 54.9 Å². The summed E-state index contributed by atoms with van der Waals surface area (Å²) in [5.41, 5.74) is 2.93. The highest BCUT2D eigenvalue weighted by Crippen LogP contribution is 2.29. The van der Waals surface area contributed by atoms with Gasteiger partial charge in [-0.1, -0.05) is 52.3 Å². The van der Waals surface area contributed by atoms with Gasteiger partial charge in [-0.25, -0.2) is 0 Å². The summed E-state index contributed by atoms with van der Waals surface area (Å²) in [6.45, 7) is 15.5. The van der Waals surface area contributed by atoms with Gasteiger partial charge in [-0.05, 0) is 26.2 Å². The van der Waals surface area contributed by atoms with Gasteiger partial charge in [0.05, 0.1) is 0 Å². The van der Waals surface area contributed by atoms with E-state index < -0.39 is 0 Å². The highest BCUT2D eigenvalue weighted by Gasteiger charge is 2.16. The van der Waals surface area contributed by atoms with Crippen LogP contribution in [0.25, 0.3) is 0 Å². The number of rotatable bonds is 6. The van der Waals surface area contributed by atoms with E-state index in [0.29, 0.717) is 0 Å². The Hall–Kier alpha value is -0.715. The van der Waals surface area contributed by atoms with Crippen LogP contribution in [0.4, 0.5) is 0 Å². The zero-order chi connectivity index (χ0) is 13.5. The SMILES string of the molecule is C/C=C\[B]/C(C)=C\C(C)(C)/C(C)=C/CC(C)C. The predicted molar refractivity (Wildman–Crippen MR) is 81.3 cm³/mol. The average molecular weight is 231 g/mol. The highest BCUT2D eigenvalue weighted by atomic mass is 14.2. The molecule has 0 fully saturated rings. The molecular weight excluding hydrogens is 203 g/mol. The summed E-state index contributed by atoms with van der Waals surface area (Å²) in [7, 11) is 2.16. The van der Waals surface area contributed by atoms with E-state index in [1.54, 1.807) is 0 Å². The molecule has 0 atom stereocenters. The molecule has 0 aromatic carbocycles. The van der Waals surface area contributed by atoms with Crippen LogP contribution in [-0.4, -0.2) is 7.28 Å². The van der Waals surface area contributed by atoms with Gasteiger partial charge in [-0.2, -0.15) is 0 Å². The van der Waals surface area contributed by atoms with E-state index in [-0.39, 0.29) is 5.41 Å². The lowest BCUT2D eigenvalue weighted by atomic mass is 9.67. The van der Waals surface area contributed by atoms with Crippen LogP contribution in [0.3, 0.4) is 0 Å². The minimum absolute atomic E-state index is 0.150. The van der Waals surface area contributed by atoms with Crippen LogP contribution < -0.4 is 0 Å². The molecule has 0 saturated carbocycles. The van der Waals surface area contributed by atoms with Crippen LogP contribution in [0.2, 0.25) is 0 Å². The van der Waals surface area contributed by atoms with Crippen molar-refractivity contribution in [2.24, 2.45) is 11.3 Å². The Morgan fingerprint density at radius 3 is 2.29 bits per heavy atom. The third-order valence-corrected chi connectivity index (χ3v) is 3.05. The van der Waals surface area contributed by atoms with Crippen molar-refractivity contribution in [3.8, 4) is 0 Å². The molecule has 0 N–H and O–H groups in total. The van der Waals surface area contributed by atoms with Crippen molar-refractivity contribution in [1.29, 1.82) is 0 Å². The Morgan fingerprint density at radius 2 is 1.82 bits per heavy atom. The first-order valence-electron chi connectivity index (χ1n) is 6.62. The lowest BCUT2D eigenvalue weighted by molar-refractivity contribution is 0.565. The van der Waals surface area contributed by atoms with Crippen LogP contribution in [-0.2, 0) is 0 Å². The second-order valence-corrected chi connectivity index (χ2v) is 5.82. The molecule has 0 aromatic rings.